The fourth-order valence-corrected chi connectivity index (χ4v) is 0.970. The average molecular weight is 187 g/mol. The molecule has 1 aromatic rings. The Morgan fingerprint density at radius 3 is 2.92 bits per heavy atom. The van der Waals surface area contributed by atoms with Crippen molar-refractivity contribution in [3.05, 3.63) is 35.4 Å². The number of alkyl halides is 1. The molecule has 1 rings (SSSR count). The third kappa shape index (κ3) is 2.04. The van der Waals surface area contributed by atoms with Crippen molar-refractivity contribution in [3.63, 3.8) is 0 Å². The number of halogens is 1. The Morgan fingerprint density at radius 1 is 1.58 bits per heavy atom. The number of carbonyl (C=O) groups excluding carboxylic acids is 1. The maximum absolute atomic E-state index is 10.3. The molecule has 0 bridgehead atoms. The molecular weight excluding hydrogens is 180 g/mol. The first-order valence-corrected chi connectivity index (χ1v) is 3.71. The van der Waals surface area contributed by atoms with Crippen molar-refractivity contribution in [1.82, 2.24) is 0 Å². The Balaban J connectivity index is 2.93. The van der Waals surface area contributed by atoms with Crippen LogP contribution < -0.4 is 0 Å². The van der Waals surface area contributed by atoms with Crippen LogP contribution in [-0.2, 0) is 4.89 Å². The molecule has 1 unspecified atom stereocenters. The van der Waals surface area contributed by atoms with E-state index in [0.29, 0.717) is 17.4 Å². The Labute approximate surface area is 74.5 Å². The van der Waals surface area contributed by atoms with Gasteiger partial charge >= 0.3 is 0 Å². The van der Waals surface area contributed by atoms with Gasteiger partial charge in [-0.1, -0.05) is 29.8 Å². The van der Waals surface area contributed by atoms with Crippen LogP contribution in [0.2, 0.25) is 0 Å². The molecule has 0 saturated carbocycles. The van der Waals surface area contributed by atoms with Crippen LogP contribution in [0.3, 0.4) is 0 Å². The molecule has 0 heterocycles. The Morgan fingerprint density at radius 2 is 2.33 bits per heavy atom. The normalized spacial score (nSPS) is 12.5. The number of hydrogen-bond donors (Lipinski definition) is 1. The first-order chi connectivity index (χ1) is 5.77. The van der Waals surface area contributed by atoms with Crippen molar-refractivity contribution < 1.29 is 14.9 Å². The lowest BCUT2D eigenvalue weighted by molar-refractivity contribution is -0.258. The van der Waals surface area contributed by atoms with E-state index in [1.807, 2.05) is 0 Å². The zero-order valence-corrected chi connectivity index (χ0v) is 6.86. The predicted octanol–water partition coefficient (Wildman–Crippen LogP) is 2.23. The Hall–Kier alpha value is -0.900. The summed E-state index contributed by atoms with van der Waals surface area (Å²) in [7, 11) is 0. The van der Waals surface area contributed by atoms with E-state index in [-0.39, 0.29) is 0 Å². The summed E-state index contributed by atoms with van der Waals surface area (Å²) < 4.78 is 0. The molecule has 0 aliphatic heterocycles. The van der Waals surface area contributed by atoms with Crippen molar-refractivity contribution in [2.75, 3.05) is 0 Å². The van der Waals surface area contributed by atoms with Crippen LogP contribution in [0.15, 0.2) is 24.3 Å². The van der Waals surface area contributed by atoms with E-state index in [1.165, 1.54) is 0 Å². The number of aldehydes is 1. The van der Waals surface area contributed by atoms with Gasteiger partial charge in [0, 0.05) is 5.56 Å². The second-order valence-electron chi connectivity index (χ2n) is 2.21. The predicted molar refractivity (Wildman–Crippen MR) is 44.1 cm³/mol. The lowest BCUT2D eigenvalue weighted by Crippen LogP contribution is -1.93. The van der Waals surface area contributed by atoms with Crippen molar-refractivity contribution in [2.45, 2.75) is 5.56 Å². The fraction of sp³-hybridized carbons (Fsp3) is 0.125. The summed E-state index contributed by atoms with van der Waals surface area (Å²) in [5.41, 5.74) is 0.115. The standard InChI is InChI=1S/C8H7ClO3/c9-8(12-11)7-3-1-2-6(4-7)5-10/h1-5,8,11H. The highest BCUT2D eigenvalue weighted by molar-refractivity contribution is 6.19. The zero-order chi connectivity index (χ0) is 8.97. The second kappa shape index (κ2) is 4.21. The molecular formula is C8H7ClO3. The fourth-order valence-electron chi connectivity index (χ4n) is 0.834. The van der Waals surface area contributed by atoms with E-state index < -0.39 is 5.56 Å². The van der Waals surface area contributed by atoms with Gasteiger partial charge in [0.25, 0.3) is 0 Å². The van der Waals surface area contributed by atoms with Crippen LogP contribution in [0.1, 0.15) is 21.5 Å². The molecule has 4 heteroatoms. The largest absolute Gasteiger partial charge is 0.298 e. The van der Waals surface area contributed by atoms with Gasteiger partial charge < -0.3 is 0 Å². The summed E-state index contributed by atoms with van der Waals surface area (Å²) >= 11 is 5.53. The van der Waals surface area contributed by atoms with E-state index in [2.05, 4.69) is 4.89 Å². The van der Waals surface area contributed by atoms with Gasteiger partial charge in [-0.3, -0.25) is 4.79 Å². The van der Waals surface area contributed by atoms with Gasteiger partial charge in [-0.15, -0.1) is 0 Å². The second-order valence-corrected chi connectivity index (χ2v) is 2.61. The minimum Gasteiger partial charge on any atom is -0.298 e. The number of rotatable bonds is 3. The van der Waals surface area contributed by atoms with Crippen LogP contribution in [0.4, 0.5) is 0 Å². The summed E-state index contributed by atoms with van der Waals surface area (Å²) in [6.45, 7) is 0. The Kier molecular flexibility index (Phi) is 3.22. The smallest absolute Gasteiger partial charge is 0.191 e. The van der Waals surface area contributed by atoms with Crippen molar-refractivity contribution >= 4 is 17.9 Å². The van der Waals surface area contributed by atoms with Gasteiger partial charge in [-0.25, -0.2) is 10.1 Å². The molecule has 0 aliphatic rings. The average Bonchev–Trinajstić information content (AvgIpc) is 2.17. The van der Waals surface area contributed by atoms with Crippen LogP contribution in [0.25, 0.3) is 0 Å². The van der Waals surface area contributed by atoms with Gasteiger partial charge in [0.1, 0.15) is 6.29 Å². The monoisotopic (exact) mass is 186 g/mol. The lowest BCUT2D eigenvalue weighted by atomic mass is 10.1. The van der Waals surface area contributed by atoms with Crippen molar-refractivity contribution in [2.24, 2.45) is 0 Å². The quantitative estimate of drug-likeness (QED) is 0.341. The molecule has 3 nitrogen and oxygen atoms in total. The van der Waals surface area contributed by atoms with E-state index in [4.69, 9.17) is 16.9 Å². The van der Waals surface area contributed by atoms with Crippen LogP contribution in [-0.4, -0.2) is 11.5 Å². The lowest BCUT2D eigenvalue weighted by Gasteiger charge is -2.04. The molecule has 1 aromatic carbocycles. The summed E-state index contributed by atoms with van der Waals surface area (Å²) in [4.78, 5) is 14.2. The highest BCUT2D eigenvalue weighted by Gasteiger charge is 2.06. The molecule has 0 saturated heterocycles. The van der Waals surface area contributed by atoms with E-state index >= 15 is 0 Å². The molecule has 0 aromatic heterocycles. The molecule has 0 amide bonds. The summed E-state index contributed by atoms with van der Waals surface area (Å²) in [5.74, 6) is 0. The minimum absolute atomic E-state index is 0.496. The highest BCUT2D eigenvalue weighted by Crippen LogP contribution is 2.20. The van der Waals surface area contributed by atoms with E-state index in [1.54, 1.807) is 24.3 Å². The maximum Gasteiger partial charge on any atom is 0.191 e. The maximum atomic E-state index is 10.3. The van der Waals surface area contributed by atoms with Crippen LogP contribution in [0.5, 0.6) is 0 Å². The minimum atomic E-state index is -0.926. The number of carbonyl (C=O) groups is 1. The molecule has 0 aliphatic carbocycles. The SMILES string of the molecule is O=Cc1cccc(C(Cl)OO)c1. The molecule has 0 radical (unpaired) electrons. The summed E-state index contributed by atoms with van der Waals surface area (Å²) in [6, 6.07) is 6.49. The van der Waals surface area contributed by atoms with Crippen molar-refractivity contribution in [3.8, 4) is 0 Å². The first kappa shape index (κ1) is 9.19. The zero-order valence-electron chi connectivity index (χ0n) is 6.11. The molecule has 0 spiro atoms. The molecule has 1 atom stereocenters. The first-order valence-electron chi connectivity index (χ1n) is 3.27. The third-order valence-corrected chi connectivity index (χ3v) is 1.73. The van der Waals surface area contributed by atoms with Gasteiger partial charge in [0.2, 0.25) is 0 Å². The van der Waals surface area contributed by atoms with Gasteiger partial charge in [0.15, 0.2) is 5.56 Å². The topological polar surface area (TPSA) is 46.5 Å². The molecule has 0 fully saturated rings. The van der Waals surface area contributed by atoms with Crippen LogP contribution >= 0.6 is 11.6 Å². The van der Waals surface area contributed by atoms with E-state index in [9.17, 15) is 4.79 Å². The van der Waals surface area contributed by atoms with E-state index in [0.717, 1.165) is 0 Å². The van der Waals surface area contributed by atoms with Gasteiger partial charge in [0.05, 0.1) is 0 Å². The highest BCUT2D eigenvalue weighted by atomic mass is 35.5. The third-order valence-electron chi connectivity index (χ3n) is 1.40. The molecule has 12 heavy (non-hydrogen) atoms. The number of hydrogen-bond acceptors (Lipinski definition) is 3. The van der Waals surface area contributed by atoms with Crippen LogP contribution in [0, 0.1) is 0 Å². The van der Waals surface area contributed by atoms with Gasteiger partial charge in [-0.05, 0) is 11.6 Å². The van der Waals surface area contributed by atoms with Gasteiger partial charge in [-0.2, -0.15) is 0 Å². The summed E-state index contributed by atoms with van der Waals surface area (Å²) in [5, 5.41) is 8.23. The Bertz CT molecular complexity index is 275. The number of benzene rings is 1. The van der Waals surface area contributed by atoms with Crippen molar-refractivity contribution in [1.29, 1.82) is 0 Å². The summed E-state index contributed by atoms with van der Waals surface area (Å²) in [6.07, 6.45) is 0.699. The molecule has 64 valence electrons. The molecule has 1 N–H and O–H groups in total.